The van der Waals surface area contributed by atoms with Crippen LogP contribution in [0.15, 0.2) is 28.8 Å². The van der Waals surface area contributed by atoms with E-state index in [1.54, 1.807) is 4.90 Å². The number of hydrogen-bond acceptors (Lipinski definition) is 5. The van der Waals surface area contributed by atoms with Crippen LogP contribution in [0.1, 0.15) is 66.9 Å². The summed E-state index contributed by atoms with van der Waals surface area (Å²) in [7, 11) is 0. The van der Waals surface area contributed by atoms with Crippen LogP contribution < -0.4 is 5.73 Å². The van der Waals surface area contributed by atoms with E-state index in [1.807, 2.05) is 24.3 Å². The highest BCUT2D eigenvalue weighted by molar-refractivity contribution is 5.88. The number of carbonyl (C=O) groups excluding carboxylic acids is 2. The summed E-state index contributed by atoms with van der Waals surface area (Å²) >= 11 is 0. The topological polar surface area (TPSA) is 102 Å². The van der Waals surface area contributed by atoms with Gasteiger partial charge in [0.15, 0.2) is 5.82 Å². The average Bonchev–Trinajstić information content (AvgIpc) is 3.36. The van der Waals surface area contributed by atoms with Crippen molar-refractivity contribution in [1.82, 2.24) is 15.0 Å². The van der Waals surface area contributed by atoms with Crippen LogP contribution in [0.2, 0.25) is 0 Å². The highest BCUT2D eigenvalue weighted by Gasteiger charge is 2.34. The molecule has 1 fully saturated rings. The Morgan fingerprint density at radius 2 is 2.00 bits per heavy atom. The fourth-order valence-electron chi connectivity index (χ4n) is 4.22. The zero-order valence-electron chi connectivity index (χ0n) is 15.3. The van der Waals surface area contributed by atoms with E-state index in [1.165, 1.54) is 12.8 Å². The fraction of sp³-hybridized carbons (Fsp3) is 0.500. The van der Waals surface area contributed by atoms with Crippen molar-refractivity contribution in [1.29, 1.82) is 0 Å². The van der Waals surface area contributed by atoms with Gasteiger partial charge in [-0.25, -0.2) is 0 Å². The van der Waals surface area contributed by atoms with Crippen molar-refractivity contribution < 1.29 is 14.1 Å². The van der Waals surface area contributed by atoms with E-state index in [2.05, 4.69) is 10.1 Å². The first-order chi connectivity index (χ1) is 13.1. The van der Waals surface area contributed by atoms with Crippen LogP contribution in [0.5, 0.6) is 0 Å². The van der Waals surface area contributed by atoms with Crippen LogP contribution in [-0.4, -0.2) is 33.4 Å². The molecule has 2 aromatic rings. The van der Waals surface area contributed by atoms with Gasteiger partial charge in [0.2, 0.25) is 17.7 Å². The molecule has 27 heavy (non-hydrogen) atoms. The summed E-state index contributed by atoms with van der Waals surface area (Å²) < 4.78 is 5.32. The molecule has 0 saturated heterocycles. The smallest absolute Gasteiger partial charge is 0.244 e. The first-order valence-corrected chi connectivity index (χ1v) is 9.62. The Labute approximate surface area is 157 Å². The first kappa shape index (κ1) is 17.7. The Hall–Kier alpha value is -2.70. The molecular formula is C20H24N4O3. The average molecular weight is 368 g/mol. The van der Waals surface area contributed by atoms with Crippen molar-refractivity contribution in [2.75, 3.05) is 6.54 Å². The molecule has 0 radical (unpaired) electrons. The Morgan fingerprint density at radius 3 is 2.78 bits per heavy atom. The lowest BCUT2D eigenvalue weighted by molar-refractivity contribution is -0.140. The normalized spacial score (nSPS) is 19.9. The van der Waals surface area contributed by atoms with Gasteiger partial charge in [-0.1, -0.05) is 42.3 Å². The van der Waals surface area contributed by atoms with Crippen molar-refractivity contribution in [3.8, 4) is 0 Å². The van der Waals surface area contributed by atoms with Gasteiger partial charge in [-0.05, 0) is 30.4 Å². The number of carbonyl (C=O) groups is 2. The Kier molecular flexibility index (Phi) is 4.92. The zero-order valence-corrected chi connectivity index (χ0v) is 15.3. The molecule has 1 atom stereocenters. The van der Waals surface area contributed by atoms with Gasteiger partial charge in [0.05, 0.1) is 0 Å². The molecule has 1 aromatic heterocycles. The van der Waals surface area contributed by atoms with Crippen LogP contribution in [0.3, 0.4) is 0 Å². The molecule has 1 aromatic carbocycles. The van der Waals surface area contributed by atoms with E-state index in [9.17, 15) is 9.59 Å². The molecule has 1 aliphatic carbocycles. The van der Waals surface area contributed by atoms with Crippen molar-refractivity contribution in [3.05, 3.63) is 47.1 Å². The summed E-state index contributed by atoms with van der Waals surface area (Å²) in [6.45, 7) is 0.487. The lowest BCUT2D eigenvalue weighted by Gasteiger charge is -2.35. The number of amides is 2. The molecule has 2 amide bonds. The van der Waals surface area contributed by atoms with E-state index >= 15 is 0 Å². The van der Waals surface area contributed by atoms with Gasteiger partial charge < -0.3 is 15.2 Å². The molecule has 2 aliphatic rings. The highest BCUT2D eigenvalue weighted by Crippen LogP contribution is 2.33. The predicted molar refractivity (Wildman–Crippen MR) is 97.6 cm³/mol. The zero-order chi connectivity index (χ0) is 18.8. The maximum Gasteiger partial charge on any atom is 0.244 e. The van der Waals surface area contributed by atoms with Crippen LogP contribution in [0.4, 0.5) is 0 Å². The minimum Gasteiger partial charge on any atom is -0.368 e. The maximum absolute atomic E-state index is 12.8. The Bertz CT molecular complexity index is 841. The molecule has 1 aliphatic heterocycles. The predicted octanol–water partition coefficient (Wildman–Crippen LogP) is 2.27. The number of aryl methyl sites for hydroxylation is 1. The second-order valence-corrected chi connectivity index (χ2v) is 7.37. The second-order valence-electron chi connectivity index (χ2n) is 7.37. The standard InChI is InChI=1S/C20H24N4O3/c21-19(26)18-15-8-4-3-5-13(15)11-12-24(18)17(25)10-9-16-22-20(23-27-16)14-6-1-2-7-14/h3-5,8,14,18H,1-2,6-7,9-12H2,(H2,21,26). The van der Waals surface area contributed by atoms with E-state index in [0.29, 0.717) is 24.8 Å². The quantitative estimate of drug-likeness (QED) is 0.872. The van der Waals surface area contributed by atoms with Crippen LogP contribution in [-0.2, 0) is 22.4 Å². The SMILES string of the molecule is NC(=O)C1c2ccccc2CCN1C(=O)CCc1nc(C2CCCC2)no1. The van der Waals surface area contributed by atoms with E-state index in [-0.39, 0.29) is 12.3 Å². The molecule has 1 unspecified atom stereocenters. The molecule has 4 rings (SSSR count). The number of aromatic nitrogens is 2. The molecule has 0 spiro atoms. The second kappa shape index (κ2) is 7.50. The summed E-state index contributed by atoms with van der Waals surface area (Å²) in [6, 6.07) is 6.95. The fourth-order valence-corrected chi connectivity index (χ4v) is 4.22. The van der Waals surface area contributed by atoms with Crippen LogP contribution in [0.25, 0.3) is 0 Å². The summed E-state index contributed by atoms with van der Waals surface area (Å²) in [6.07, 6.45) is 5.94. The number of benzene rings is 1. The molecule has 142 valence electrons. The van der Waals surface area contributed by atoms with Crippen molar-refractivity contribution >= 4 is 11.8 Å². The number of rotatable bonds is 5. The van der Waals surface area contributed by atoms with Crippen molar-refractivity contribution in [2.24, 2.45) is 5.73 Å². The third-order valence-corrected chi connectivity index (χ3v) is 5.63. The van der Waals surface area contributed by atoms with Gasteiger partial charge >= 0.3 is 0 Å². The first-order valence-electron chi connectivity index (χ1n) is 9.62. The van der Waals surface area contributed by atoms with Crippen molar-refractivity contribution in [3.63, 3.8) is 0 Å². The van der Waals surface area contributed by atoms with Crippen molar-refractivity contribution in [2.45, 2.75) is 56.9 Å². The van der Waals surface area contributed by atoms with Crippen LogP contribution in [0, 0.1) is 0 Å². The highest BCUT2D eigenvalue weighted by atomic mass is 16.5. The largest absolute Gasteiger partial charge is 0.368 e. The molecule has 2 N–H and O–H groups in total. The number of nitrogens with zero attached hydrogens (tertiary/aromatic N) is 3. The summed E-state index contributed by atoms with van der Waals surface area (Å²) in [5.74, 6) is 1.01. The Balaban J connectivity index is 1.42. The number of primary amides is 1. The molecule has 2 heterocycles. The molecule has 0 bridgehead atoms. The lowest BCUT2D eigenvalue weighted by atomic mass is 9.92. The van der Waals surface area contributed by atoms with Gasteiger partial charge in [-0.2, -0.15) is 4.98 Å². The van der Waals surface area contributed by atoms with Gasteiger partial charge in [0.25, 0.3) is 0 Å². The summed E-state index contributed by atoms with van der Waals surface area (Å²) in [5, 5.41) is 4.08. The van der Waals surface area contributed by atoms with Gasteiger partial charge in [-0.3, -0.25) is 9.59 Å². The summed E-state index contributed by atoms with van der Waals surface area (Å²) in [5.41, 5.74) is 7.51. The monoisotopic (exact) mass is 368 g/mol. The van der Waals surface area contributed by atoms with E-state index < -0.39 is 11.9 Å². The Morgan fingerprint density at radius 1 is 1.22 bits per heavy atom. The van der Waals surface area contributed by atoms with E-state index in [0.717, 1.165) is 36.2 Å². The van der Waals surface area contributed by atoms with Crippen LogP contribution >= 0.6 is 0 Å². The summed E-state index contributed by atoms with van der Waals surface area (Å²) in [4.78, 5) is 30.9. The number of fused-ring (bicyclic) bond motifs is 1. The number of nitrogens with two attached hydrogens (primary N) is 1. The number of hydrogen-bond donors (Lipinski definition) is 1. The third-order valence-electron chi connectivity index (χ3n) is 5.63. The lowest BCUT2D eigenvalue weighted by Crippen LogP contribution is -2.45. The third kappa shape index (κ3) is 3.59. The molecule has 7 nitrogen and oxygen atoms in total. The maximum atomic E-state index is 12.8. The molecular weight excluding hydrogens is 344 g/mol. The van der Waals surface area contributed by atoms with Gasteiger partial charge in [0, 0.05) is 25.3 Å². The van der Waals surface area contributed by atoms with E-state index in [4.69, 9.17) is 10.3 Å². The molecule has 1 saturated carbocycles. The minimum atomic E-state index is -0.709. The minimum absolute atomic E-state index is 0.117. The molecule has 7 heteroatoms. The van der Waals surface area contributed by atoms with Gasteiger partial charge in [0.1, 0.15) is 6.04 Å². The van der Waals surface area contributed by atoms with Gasteiger partial charge in [-0.15, -0.1) is 0 Å².